The Labute approximate surface area is 178 Å². The molecule has 0 radical (unpaired) electrons. The van der Waals surface area contributed by atoms with Crippen LogP contribution in [0.25, 0.3) is 0 Å². The quantitative estimate of drug-likeness (QED) is 0.654. The molecule has 0 aromatic heterocycles. The maximum Gasteiger partial charge on any atom is 0.205 e. The highest BCUT2D eigenvalue weighted by molar-refractivity contribution is 6.00. The first-order valence-corrected chi connectivity index (χ1v) is 10.5. The number of nitrogens with two attached hydrogens (primary N) is 1. The van der Waals surface area contributed by atoms with E-state index < -0.39 is 5.92 Å². The molecule has 6 nitrogen and oxygen atoms in total. The summed E-state index contributed by atoms with van der Waals surface area (Å²) in [5.41, 5.74) is 7.41. The number of nitrogens with zero attached hydrogens (tertiary/aromatic N) is 1. The molecule has 1 aliphatic heterocycles. The Kier molecular flexibility index (Phi) is 6.40. The second-order valence-corrected chi connectivity index (χ2v) is 8.67. The van der Waals surface area contributed by atoms with Crippen LogP contribution in [0, 0.1) is 16.7 Å². The van der Waals surface area contributed by atoms with E-state index in [2.05, 4.69) is 13.0 Å². The molecule has 0 unspecified atom stereocenters. The largest absolute Gasteiger partial charge is 0.493 e. The number of methoxy groups -OCH3 is 1. The molecule has 1 aromatic carbocycles. The molecule has 0 fully saturated rings. The fraction of sp³-hybridized carbons (Fsp3) is 0.500. The van der Waals surface area contributed by atoms with Crippen molar-refractivity contribution in [3.05, 3.63) is 46.6 Å². The third kappa shape index (κ3) is 4.30. The molecule has 0 amide bonds. The van der Waals surface area contributed by atoms with Gasteiger partial charge < -0.3 is 19.9 Å². The van der Waals surface area contributed by atoms with Gasteiger partial charge in [-0.1, -0.05) is 39.7 Å². The van der Waals surface area contributed by atoms with E-state index in [0.717, 1.165) is 24.8 Å². The number of allylic oxidation sites excluding steroid dienone is 3. The molecule has 2 N–H and O–H groups in total. The van der Waals surface area contributed by atoms with E-state index in [1.807, 2.05) is 32.0 Å². The van der Waals surface area contributed by atoms with Crippen LogP contribution in [0.4, 0.5) is 0 Å². The smallest absolute Gasteiger partial charge is 0.205 e. The van der Waals surface area contributed by atoms with E-state index in [4.69, 9.17) is 19.9 Å². The number of ether oxygens (including phenoxy) is 3. The molecular weight excluding hydrogens is 380 g/mol. The predicted octanol–water partition coefficient (Wildman–Crippen LogP) is 4.72. The van der Waals surface area contributed by atoms with Crippen LogP contribution in [0.15, 0.2) is 41.0 Å². The molecule has 0 saturated carbocycles. The lowest BCUT2D eigenvalue weighted by Crippen LogP contribution is -2.33. The number of hydrogen-bond acceptors (Lipinski definition) is 6. The minimum absolute atomic E-state index is 0.00893. The van der Waals surface area contributed by atoms with Gasteiger partial charge in [-0.25, -0.2) is 0 Å². The summed E-state index contributed by atoms with van der Waals surface area (Å²) in [6, 6.07) is 7.68. The van der Waals surface area contributed by atoms with Crippen LogP contribution < -0.4 is 15.2 Å². The summed E-state index contributed by atoms with van der Waals surface area (Å²) in [5, 5.41) is 9.76. The van der Waals surface area contributed by atoms with Crippen LogP contribution in [0.2, 0.25) is 0 Å². The summed E-state index contributed by atoms with van der Waals surface area (Å²) in [4.78, 5) is 13.1. The van der Waals surface area contributed by atoms with Crippen molar-refractivity contribution in [3.63, 3.8) is 0 Å². The van der Waals surface area contributed by atoms with Crippen LogP contribution in [0.5, 0.6) is 11.5 Å². The topological polar surface area (TPSA) is 94.6 Å². The fourth-order valence-electron chi connectivity index (χ4n) is 4.14. The van der Waals surface area contributed by atoms with Gasteiger partial charge in [0, 0.05) is 18.4 Å². The van der Waals surface area contributed by atoms with Gasteiger partial charge in [-0.2, -0.15) is 5.26 Å². The van der Waals surface area contributed by atoms with Crippen molar-refractivity contribution in [2.75, 3.05) is 13.7 Å². The summed E-state index contributed by atoms with van der Waals surface area (Å²) in [5.74, 6) is 1.26. The van der Waals surface area contributed by atoms with Crippen molar-refractivity contribution in [1.29, 1.82) is 5.26 Å². The molecule has 1 atom stereocenters. The van der Waals surface area contributed by atoms with Crippen molar-refractivity contribution >= 4 is 5.78 Å². The van der Waals surface area contributed by atoms with Gasteiger partial charge in [0.15, 0.2) is 17.3 Å². The number of unbranched alkanes of at least 4 members (excludes halogenated alkanes) is 2. The molecule has 0 saturated heterocycles. The lowest BCUT2D eigenvalue weighted by atomic mass is 9.70. The third-order valence-corrected chi connectivity index (χ3v) is 5.60. The zero-order valence-electron chi connectivity index (χ0n) is 18.2. The zero-order chi connectivity index (χ0) is 21.9. The first-order valence-electron chi connectivity index (χ1n) is 10.5. The molecule has 3 rings (SSSR count). The van der Waals surface area contributed by atoms with Gasteiger partial charge >= 0.3 is 0 Å². The van der Waals surface area contributed by atoms with Crippen LogP contribution in [-0.4, -0.2) is 19.5 Å². The Hall–Kier alpha value is -2.94. The Morgan fingerprint density at radius 3 is 2.70 bits per heavy atom. The minimum Gasteiger partial charge on any atom is -0.493 e. The van der Waals surface area contributed by atoms with Gasteiger partial charge in [-0.05, 0) is 29.5 Å². The lowest BCUT2D eigenvalue weighted by Gasteiger charge is -2.37. The number of rotatable bonds is 7. The Morgan fingerprint density at radius 2 is 2.03 bits per heavy atom. The zero-order valence-corrected chi connectivity index (χ0v) is 18.2. The first-order chi connectivity index (χ1) is 14.3. The molecule has 1 heterocycles. The number of Topliss-reactive ketones (excluding diaryl/α,β-unsaturated/α-hetero) is 1. The maximum atomic E-state index is 13.1. The van der Waals surface area contributed by atoms with Gasteiger partial charge in [0.25, 0.3) is 0 Å². The number of ketones is 1. The van der Waals surface area contributed by atoms with Crippen LogP contribution >= 0.6 is 0 Å². The molecular formula is C24H30N2O4. The Balaban J connectivity index is 2.00. The van der Waals surface area contributed by atoms with E-state index >= 15 is 0 Å². The molecule has 160 valence electrons. The van der Waals surface area contributed by atoms with Gasteiger partial charge in [-0.3, -0.25) is 4.79 Å². The van der Waals surface area contributed by atoms with Crippen LogP contribution in [-0.2, 0) is 9.53 Å². The SMILES string of the molecule is CCCCCOc1ccc([C@@H]2C(C#N)=C(N)OC3=C2C(=O)CC(C)(C)C3)cc1OC. The first kappa shape index (κ1) is 21.8. The summed E-state index contributed by atoms with van der Waals surface area (Å²) >= 11 is 0. The highest BCUT2D eigenvalue weighted by Crippen LogP contribution is 2.48. The maximum absolute atomic E-state index is 13.1. The van der Waals surface area contributed by atoms with Crippen molar-refractivity contribution in [2.45, 2.75) is 58.8 Å². The van der Waals surface area contributed by atoms with Crippen molar-refractivity contribution in [1.82, 2.24) is 0 Å². The van der Waals surface area contributed by atoms with Gasteiger partial charge in [0.2, 0.25) is 5.88 Å². The molecule has 6 heteroatoms. The number of nitriles is 1. The molecule has 1 aromatic rings. The highest BCUT2D eigenvalue weighted by atomic mass is 16.5. The van der Waals surface area contributed by atoms with Gasteiger partial charge in [-0.15, -0.1) is 0 Å². The number of carbonyl (C=O) groups excluding carboxylic acids is 1. The van der Waals surface area contributed by atoms with Crippen molar-refractivity contribution in [3.8, 4) is 17.6 Å². The number of hydrogen-bond donors (Lipinski definition) is 1. The van der Waals surface area contributed by atoms with Gasteiger partial charge in [0.1, 0.15) is 17.4 Å². The average Bonchev–Trinajstić information content (AvgIpc) is 2.69. The monoisotopic (exact) mass is 410 g/mol. The molecule has 2 aliphatic rings. The second kappa shape index (κ2) is 8.83. The molecule has 1 aliphatic carbocycles. The average molecular weight is 411 g/mol. The Bertz CT molecular complexity index is 937. The summed E-state index contributed by atoms with van der Waals surface area (Å²) in [7, 11) is 1.58. The Morgan fingerprint density at radius 1 is 1.27 bits per heavy atom. The van der Waals surface area contributed by atoms with Crippen LogP contribution in [0.3, 0.4) is 0 Å². The van der Waals surface area contributed by atoms with E-state index in [9.17, 15) is 10.1 Å². The molecule has 0 spiro atoms. The van der Waals surface area contributed by atoms with E-state index in [1.54, 1.807) is 7.11 Å². The van der Waals surface area contributed by atoms with Crippen molar-refractivity contribution in [2.24, 2.45) is 11.1 Å². The van der Waals surface area contributed by atoms with E-state index in [-0.39, 0.29) is 22.7 Å². The third-order valence-electron chi connectivity index (χ3n) is 5.60. The number of carbonyl (C=O) groups is 1. The fourth-order valence-corrected chi connectivity index (χ4v) is 4.14. The summed E-state index contributed by atoms with van der Waals surface area (Å²) in [6.07, 6.45) is 4.20. The van der Waals surface area contributed by atoms with E-state index in [0.29, 0.717) is 42.3 Å². The normalized spacial score (nSPS) is 20.4. The van der Waals surface area contributed by atoms with E-state index in [1.165, 1.54) is 0 Å². The standard InChI is InChI=1S/C24H30N2O4/c1-5-6-7-10-29-18-9-8-15(11-19(18)28-4)21-16(14-25)23(26)30-20-13-24(2,3)12-17(27)22(20)21/h8-9,11,21H,5-7,10,12-13,26H2,1-4H3/t21-/m1/s1. The highest BCUT2D eigenvalue weighted by Gasteiger charge is 2.43. The second-order valence-electron chi connectivity index (χ2n) is 8.67. The summed E-state index contributed by atoms with van der Waals surface area (Å²) in [6.45, 7) is 6.81. The number of benzene rings is 1. The van der Waals surface area contributed by atoms with Crippen LogP contribution in [0.1, 0.15) is 64.4 Å². The summed E-state index contributed by atoms with van der Waals surface area (Å²) < 4.78 is 17.2. The minimum atomic E-state index is -0.564. The predicted molar refractivity (Wildman–Crippen MR) is 114 cm³/mol. The molecule has 0 bridgehead atoms. The van der Waals surface area contributed by atoms with Crippen molar-refractivity contribution < 1.29 is 19.0 Å². The van der Waals surface area contributed by atoms with Gasteiger partial charge in [0.05, 0.1) is 19.6 Å². The lowest BCUT2D eigenvalue weighted by molar-refractivity contribution is -0.119. The molecule has 30 heavy (non-hydrogen) atoms.